The number of rotatable bonds is 13. The molecule has 0 saturated carbocycles. The predicted octanol–water partition coefficient (Wildman–Crippen LogP) is 0.608. The van der Waals surface area contributed by atoms with Gasteiger partial charge in [0, 0.05) is 0 Å². The van der Waals surface area contributed by atoms with Gasteiger partial charge in [-0.25, -0.2) is 0 Å². The summed E-state index contributed by atoms with van der Waals surface area (Å²) in [6.45, 7) is -0.385. The molecular weight excluding hydrogens is 368 g/mol. The Morgan fingerprint density at radius 2 is 0.893 bits per heavy atom. The quantitative estimate of drug-likeness (QED) is 0.365. The maximum absolute atomic E-state index is 9.39. The standard InChI is InChI=1S/C20H26O8/c21-11-15(23)13-27-19-7-3-1-5-17(19)25-9-10-26-18-6-2-4-8-20(18)28-14-16(24)12-22/h1-8,15-16,21-24H,9-14H2. The van der Waals surface area contributed by atoms with E-state index in [4.69, 9.17) is 29.2 Å². The molecule has 0 bridgehead atoms. The van der Waals surface area contributed by atoms with Crippen molar-refractivity contribution in [3.8, 4) is 23.0 Å². The Hall–Kier alpha value is -2.52. The molecule has 0 aliphatic heterocycles. The lowest BCUT2D eigenvalue weighted by molar-refractivity contribution is 0.0516. The molecule has 8 nitrogen and oxygen atoms in total. The van der Waals surface area contributed by atoms with Crippen LogP contribution < -0.4 is 18.9 Å². The van der Waals surface area contributed by atoms with Gasteiger partial charge < -0.3 is 39.4 Å². The van der Waals surface area contributed by atoms with Crippen molar-refractivity contribution in [2.24, 2.45) is 0 Å². The van der Waals surface area contributed by atoms with Gasteiger partial charge in [-0.2, -0.15) is 0 Å². The summed E-state index contributed by atoms with van der Waals surface area (Å²) in [5, 5.41) is 36.5. The molecule has 0 aliphatic rings. The lowest BCUT2D eigenvalue weighted by Crippen LogP contribution is -2.21. The molecule has 2 aromatic rings. The SMILES string of the molecule is OCC(O)COc1ccccc1OCCOc1ccccc1OCC(O)CO. The highest BCUT2D eigenvalue weighted by molar-refractivity contribution is 5.40. The Labute approximate surface area is 163 Å². The minimum Gasteiger partial charge on any atom is -0.487 e. The fraction of sp³-hybridized carbons (Fsp3) is 0.400. The Morgan fingerprint density at radius 3 is 1.21 bits per heavy atom. The van der Waals surface area contributed by atoms with E-state index in [0.717, 1.165) is 0 Å². The number of aliphatic hydroxyl groups is 4. The topological polar surface area (TPSA) is 118 Å². The molecule has 0 saturated heterocycles. The van der Waals surface area contributed by atoms with Crippen molar-refractivity contribution < 1.29 is 39.4 Å². The lowest BCUT2D eigenvalue weighted by atomic mass is 10.3. The van der Waals surface area contributed by atoms with Crippen LogP contribution in [0.3, 0.4) is 0 Å². The van der Waals surface area contributed by atoms with Crippen molar-refractivity contribution >= 4 is 0 Å². The van der Waals surface area contributed by atoms with E-state index >= 15 is 0 Å². The number of ether oxygens (including phenoxy) is 4. The second kappa shape index (κ2) is 12.0. The largest absolute Gasteiger partial charge is 0.487 e. The number of para-hydroxylation sites is 4. The summed E-state index contributed by atoms with van der Waals surface area (Å²) in [5.74, 6) is 1.90. The number of aliphatic hydroxyl groups excluding tert-OH is 4. The van der Waals surface area contributed by atoms with E-state index < -0.39 is 12.2 Å². The van der Waals surface area contributed by atoms with E-state index in [-0.39, 0.29) is 39.6 Å². The fourth-order valence-electron chi connectivity index (χ4n) is 2.16. The molecule has 0 aliphatic carbocycles. The number of hydrogen-bond donors (Lipinski definition) is 4. The molecule has 2 rings (SSSR count). The molecule has 0 amide bonds. The summed E-state index contributed by atoms with van der Waals surface area (Å²) >= 11 is 0. The molecule has 0 spiro atoms. The van der Waals surface area contributed by atoms with Crippen LogP contribution in [0.4, 0.5) is 0 Å². The molecule has 0 aromatic heterocycles. The molecule has 2 unspecified atom stereocenters. The smallest absolute Gasteiger partial charge is 0.161 e. The van der Waals surface area contributed by atoms with Gasteiger partial charge in [-0.15, -0.1) is 0 Å². The van der Waals surface area contributed by atoms with E-state index in [1.807, 2.05) is 0 Å². The summed E-state index contributed by atoms with van der Waals surface area (Å²) in [6.07, 6.45) is -1.92. The van der Waals surface area contributed by atoms with Gasteiger partial charge in [0.15, 0.2) is 23.0 Å². The average Bonchev–Trinajstić information content (AvgIpc) is 2.74. The monoisotopic (exact) mass is 394 g/mol. The molecule has 154 valence electrons. The Bertz CT molecular complexity index is 634. The molecule has 28 heavy (non-hydrogen) atoms. The normalized spacial score (nSPS) is 12.9. The van der Waals surface area contributed by atoms with Gasteiger partial charge >= 0.3 is 0 Å². The van der Waals surface area contributed by atoms with Crippen LogP contribution in [0.25, 0.3) is 0 Å². The third-order valence-electron chi connectivity index (χ3n) is 3.58. The van der Waals surface area contributed by atoms with Gasteiger partial charge in [0.2, 0.25) is 0 Å². The van der Waals surface area contributed by atoms with Crippen LogP contribution in [0.1, 0.15) is 0 Å². The summed E-state index contributed by atoms with van der Waals surface area (Å²) in [6, 6.07) is 14.0. The second-order valence-corrected chi connectivity index (χ2v) is 5.89. The van der Waals surface area contributed by atoms with Crippen molar-refractivity contribution in [2.45, 2.75) is 12.2 Å². The summed E-state index contributed by atoms with van der Waals surface area (Å²) in [4.78, 5) is 0. The van der Waals surface area contributed by atoms with E-state index in [9.17, 15) is 10.2 Å². The summed E-state index contributed by atoms with van der Waals surface area (Å²) in [5.41, 5.74) is 0. The van der Waals surface area contributed by atoms with E-state index in [1.165, 1.54) is 0 Å². The van der Waals surface area contributed by atoms with Gasteiger partial charge in [0.25, 0.3) is 0 Å². The molecule has 4 N–H and O–H groups in total. The third kappa shape index (κ3) is 7.24. The van der Waals surface area contributed by atoms with Crippen LogP contribution in [0.5, 0.6) is 23.0 Å². The van der Waals surface area contributed by atoms with Crippen LogP contribution in [0.15, 0.2) is 48.5 Å². The van der Waals surface area contributed by atoms with Gasteiger partial charge in [-0.1, -0.05) is 24.3 Å². The highest BCUT2D eigenvalue weighted by atomic mass is 16.6. The molecule has 0 fully saturated rings. The van der Waals surface area contributed by atoms with E-state index in [0.29, 0.717) is 23.0 Å². The van der Waals surface area contributed by atoms with Crippen molar-refractivity contribution in [1.29, 1.82) is 0 Å². The van der Waals surface area contributed by atoms with Gasteiger partial charge in [-0.05, 0) is 24.3 Å². The Balaban J connectivity index is 1.83. The van der Waals surface area contributed by atoms with Crippen molar-refractivity contribution in [3.05, 3.63) is 48.5 Å². The van der Waals surface area contributed by atoms with Crippen LogP contribution in [-0.4, -0.2) is 72.3 Å². The van der Waals surface area contributed by atoms with Crippen LogP contribution in [-0.2, 0) is 0 Å². The average molecular weight is 394 g/mol. The first-order chi connectivity index (χ1) is 13.6. The first kappa shape index (κ1) is 21.8. The van der Waals surface area contributed by atoms with Crippen molar-refractivity contribution in [1.82, 2.24) is 0 Å². The van der Waals surface area contributed by atoms with E-state index in [1.54, 1.807) is 48.5 Å². The van der Waals surface area contributed by atoms with Gasteiger partial charge in [0.1, 0.15) is 38.6 Å². The van der Waals surface area contributed by atoms with Crippen LogP contribution in [0, 0.1) is 0 Å². The summed E-state index contributed by atoms with van der Waals surface area (Å²) < 4.78 is 22.2. The van der Waals surface area contributed by atoms with Crippen molar-refractivity contribution in [2.75, 3.05) is 39.6 Å². The predicted molar refractivity (Wildman–Crippen MR) is 101 cm³/mol. The highest BCUT2D eigenvalue weighted by Crippen LogP contribution is 2.28. The second-order valence-electron chi connectivity index (χ2n) is 5.89. The van der Waals surface area contributed by atoms with Gasteiger partial charge in [-0.3, -0.25) is 0 Å². The first-order valence-electron chi connectivity index (χ1n) is 8.91. The third-order valence-corrected chi connectivity index (χ3v) is 3.58. The van der Waals surface area contributed by atoms with Crippen molar-refractivity contribution in [3.63, 3.8) is 0 Å². The molecule has 0 radical (unpaired) electrons. The molecule has 2 aromatic carbocycles. The zero-order valence-corrected chi connectivity index (χ0v) is 15.4. The molecule has 2 atom stereocenters. The Kier molecular flexibility index (Phi) is 9.36. The zero-order valence-electron chi connectivity index (χ0n) is 15.4. The van der Waals surface area contributed by atoms with Crippen LogP contribution in [0.2, 0.25) is 0 Å². The highest BCUT2D eigenvalue weighted by Gasteiger charge is 2.10. The minimum atomic E-state index is -0.961. The minimum absolute atomic E-state index is 0.0439. The van der Waals surface area contributed by atoms with E-state index in [2.05, 4.69) is 0 Å². The maximum Gasteiger partial charge on any atom is 0.161 e. The fourth-order valence-corrected chi connectivity index (χ4v) is 2.16. The zero-order chi connectivity index (χ0) is 20.2. The maximum atomic E-state index is 9.39. The Morgan fingerprint density at radius 1 is 0.571 bits per heavy atom. The number of hydrogen-bond acceptors (Lipinski definition) is 8. The van der Waals surface area contributed by atoms with Crippen LogP contribution >= 0.6 is 0 Å². The lowest BCUT2D eigenvalue weighted by Gasteiger charge is -2.16. The molecular formula is C20H26O8. The molecule has 8 heteroatoms. The summed E-state index contributed by atoms with van der Waals surface area (Å²) in [7, 11) is 0. The first-order valence-corrected chi connectivity index (χ1v) is 8.91. The number of benzene rings is 2. The van der Waals surface area contributed by atoms with Gasteiger partial charge in [0.05, 0.1) is 13.2 Å². The molecule has 0 heterocycles.